The predicted octanol–water partition coefficient (Wildman–Crippen LogP) is 2.79. The molecule has 0 aromatic carbocycles. The van der Waals surface area contributed by atoms with Crippen molar-refractivity contribution in [3.05, 3.63) is 0 Å². The zero-order valence-corrected chi connectivity index (χ0v) is 10.2. The van der Waals surface area contributed by atoms with Crippen molar-refractivity contribution in [2.45, 2.75) is 32.6 Å². The molecule has 2 atom stereocenters. The summed E-state index contributed by atoms with van der Waals surface area (Å²) in [4.78, 5) is 11.4. The molecule has 76 valence electrons. The van der Waals surface area contributed by atoms with Gasteiger partial charge in [0.05, 0.1) is 12.5 Å². The Hall–Kier alpha value is 0.200. The number of hydrogen-bond acceptors (Lipinski definition) is 2. The molecule has 3 heteroatoms. The highest BCUT2D eigenvalue weighted by Gasteiger charge is 2.27. The molecule has 0 radical (unpaired) electrons. The highest BCUT2D eigenvalue weighted by Crippen LogP contribution is 2.30. The molecule has 1 fully saturated rings. The fourth-order valence-corrected chi connectivity index (χ4v) is 2.71. The third-order valence-electron chi connectivity index (χ3n) is 2.62. The summed E-state index contributed by atoms with van der Waals surface area (Å²) in [5.74, 6) is 0.953. The first kappa shape index (κ1) is 11.3. The van der Waals surface area contributed by atoms with Crippen LogP contribution in [0.4, 0.5) is 0 Å². The molecule has 2 unspecified atom stereocenters. The lowest BCUT2D eigenvalue weighted by molar-refractivity contribution is -0.149. The van der Waals surface area contributed by atoms with Gasteiger partial charge in [0, 0.05) is 4.43 Å². The molecule has 0 N–H and O–H groups in total. The van der Waals surface area contributed by atoms with Gasteiger partial charge in [0.2, 0.25) is 0 Å². The normalized spacial score (nSPS) is 28.5. The Balaban J connectivity index is 2.37. The fraction of sp³-hybridized carbons (Fsp3) is 0.900. The highest BCUT2D eigenvalue weighted by molar-refractivity contribution is 14.1. The van der Waals surface area contributed by atoms with E-state index in [4.69, 9.17) is 4.74 Å². The Bertz CT molecular complexity index is 170. The largest absolute Gasteiger partial charge is 0.466 e. The summed E-state index contributed by atoms with van der Waals surface area (Å²) in [5, 5.41) is 0. The van der Waals surface area contributed by atoms with Crippen molar-refractivity contribution in [2.24, 2.45) is 11.8 Å². The van der Waals surface area contributed by atoms with Crippen molar-refractivity contribution < 1.29 is 9.53 Å². The molecule has 1 rings (SSSR count). The van der Waals surface area contributed by atoms with Crippen LogP contribution in [-0.2, 0) is 9.53 Å². The maximum Gasteiger partial charge on any atom is 0.308 e. The van der Waals surface area contributed by atoms with Crippen LogP contribution < -0.4 is 0 Å². The van der Waals surface area contributed by atoms with Crippen LogP contribution in [0.2, 0.25) is 0 Å². The Kier molecular flexibility index (Phi) is 5.06. The van der Waals surface area contributed by atoms with Gasteiger partial charge in [-0.2, -0.15) is 0 Å². The van der Waals surface area contributed by atoms with E-state index in [9.17, 15) is 4.79 Å². The standard InChI is InChI=1S/C10H17IO2/c1-2-13-10(12)9-5-3-4-8(6-9)7-11/h8-9H,2-7H2,1H3. The molecule has 0 aliphatic heterocycles. The lowest BCUT2D eigenvalue weighted by Gasteiger charge is -2.26. The summed E-state index contributed by atoms with van der Waals surface area (Å²) in [5.41, 5.74) is 0. The molecule has 0 saturated heterocycles. The van der Waals surface area contributed by atoms with Gasteiger partial charge in [0.25, 0.3) is 0 Å². The van der Waals surface area contributed by atoms with E-state index >= 15 is 0 Å². The molecule has 13 heavy (non-hydrogen) atoms. The van der Waals surface area contributed by atoms with Gasteiger partial charge in [-0.05, 0) is 32.1 Å². The first-order chi connectivity index (χ1) is 6.27. The predicted molar refractivity (Wildman–Crippen MR) is 61.0 cm³/mol. The molecule has 0 heterocycles. The van der Waals surface area contributed by atoms with E-state index in [2.05, 4.69) is 22.6 Å². The Morgan fingerprint density at radius 1 is 1.54 bits per heavy atom. The smallest absolute Gasteiger partial charge is 0.308 e. The van der Waals surface area contributed by atoms with Gasteiger partial charge in [-0.1, -0.05) is 29.0 Å². The molecule has 0 aromatic rings. The number of carbonyl (C=O) groups is 1. The number of halogens is 1. The number of alkyl halides is 1. The highest BCUT2D eigenvalue weighted by atomic mass is 127. The van der Waals surface area contributed by atoms with Crippen LogP contribution in [0.25, 0.3) is 0 Å². The van der Waals surface area contributed by atoms with Crippen LogP contribution in [0.5, 0.6) is 0 Å². The van der Waals surface area contributed by atoms with Gasteiger partial charge in [-0.15, -0.1) is 0 Å². The number of ether oxygens (including phenoxy) is 1. The van der Waals surface area contributed by atoms with Crippen LogP contribution >= 0.6 is 22.6 Å². The first-order valence-electron chi connectivity index (χ1n) is 5.00. The second-order valence-electron chi connectivity index (χ2n) is 3.64. The molecule has 0 bridgehead atoms. The molecule has 0 aromatic heterocycles. The van der Waals surface area contributed by atoms with E-state index in [1.54, 1.807) is 0 Å². The number of esters is 1. The van der Waals surface area contributed by atoms with Gasteiger partial charge >= 0.3 is 5.97 Å². The first-order valence-corrected chi connectivity index (χ1v) is 6.53. The minimum absolute atomic E-state index is 0.0250. The van der Waals surface area contributed by atoms with Crippen molar-refractivity contribution in [3.8, 4) is 0 Å². The lowest BCUT2D eigenvalue weighted by Crippen LogP contribution is -2.25. The fourth-order valence-electron chi connectivity index (χ4n) is 1.91. The van der Waals surface area contributed by atoms with E-state index in [0.717, 1.165) is 18.8 Å². The van der Waals surface area contributed by atoms with Crippen LogP contribution in [0.15, 0.2) is 0 Å². The van der Waals surface area contributed by atoms with E-state index in [-0.39, 0.29) is 11.9 Å². The second-order valence-corrected chi connectivity index (χ2v) is 4.52. The van der Waals surface area contributed by atoms with Gasteiger partial charge < -0.3 is 4.74 Å². The van der Waals surface area contributed by atoms with Crippen LogP contribution in [-0.4, -0.2) is 17.0 Å². The summed E-state index contributed by atoms with van der Waals surface area (Å²) < 4.78 is 6.21. The average molecular weight is 296 g/mol. The minimum Gasteiger partial charge on any atom is -0.466 e. The number of carbonyl (C=O) groups excluding carboxylic acids is 1. The quantitative estimate of drug-likeness (QED) is 0.455. The van der Waals surface area contributed by atoms with E-state index in [1.165, 1.54) is 17.3 Å². The third kappa shape index (κ3) is 3.44. The van der Waals surface area contributed by atoms with Crippen LogP contribution in [0.1, 0.15) is 32.6 Å². The van der Waals surface area contributed by atoms with E-state index in [1.807, 2.05) is 6.92 Å². The number of rotatable bonds is 3. The second kappa shape index (κ2) is 5.83. The van der Waals surface area contributed by atoms with E-state index in [0.29, 0.717) is 6.61 Å². The van der Waals surface area contributed by atoms with Crippen LogP contribution in [0, 0.1) is 11.8 Å². The van der Waals surface area contributed by atoms with Gasteiger partial charge in [0.1, 0.15) is 0 Å². The molecular weight excluding hydrogens is 279 g/mol. The molecule has 2 nitrogen and oxygen atoms in total. The van der Waals surface area contributed by atoms with Gasteiger partial charge in [-0.3, -0.25) is 4.79 Å². The monoisotopic (exact) mass is 296 g/mol. The molecule has 1 saturated carbocycles. The van der Waals surface area contributed by atoms with Gasteiger partial charge in [-0.25, -0.2) is 0 Å². The molecular formula is C10H17IO2. The summed E-state index contributed by atoms with van der Waals surface area (Å²) >= 11 is 2.41. The van der Waals surface area contributed by atoms with Crippen molar-refractivity contribution in [2.75, 3.05) is 11.0 Å². The van der Waals surface area contributed by atoms with Crippen molar-refractivity contribution in [1.29, 1.82) is 0 Å². The maximum absolute atomic E-state index is 11.4. The zero-order chi connectivity index (χ0) is 9.68. The van der Waals surface area contributed by atoms with E-state index < -0.39 is 0 Å². The maximum atomic E-state index is 11.4. The SMILES string of the molecule is CCOC(=O)C1CCCC(CI)C1. The molecule has 0 amide bonds. The van der Waals surface area contributed by atoms with Crippen molar-refractivity contribution in [1.82, 2.24) is 0 Å². The van der Waals surface area contributed by atoms with Gasteiger partial charge in [0.15, 0.2) is 0 Å². The molecule has 0 spiro atoms. The van der Waals surface area contributed by atoms with Crippen molar-refractivity contribution >= 4 is 28.6 Å². The summed E-state index contributed by atoms with van der Waals surface area (Å²) in [6.07, 6.45) is 4.56. The van der Waals surface area contributed by atoms with Crippen LogP contribution in [0.3, 0.4) is 0 Å². The molecule has 1 aliphatic rings. The lowest BCUT2D eigenvalue weighted by atomic mass is 9.82. The molecule has 1 aliphatic carbocycles. The topological polar surface area (TPSA) is 26.3 Å². The summed E-state index contributed by atoms with van der Waals surface area (Å²) in [6.45, 7) is 2.39. The summed E-state index contributed by atoms with van der Waals surface area (Å²) in [7, 11) is 0. The zero-order valence-electron chi connectivity index (χ0n) is 8.09. The minimum atomic E-state index is 0.0250. The Labute approximate surface area is 93.6 Å². The Morgan fingerprint density at radius 3 is 2.92 bits per heavy atom. The summed E-state index contributed by atoms with van der Waals surface area (Å²) in [6, 6.07) is 0. The van der Waals surface area contributed by atoms with Crippen molar-refractivity contribution in [3.63, 3.8) is 0 Å². The average Bonchev–Trinajstić information content (AvgIpc) is 2.18. The third-order valence-corrected chi connectivity index (χ3v) is 3.87. The number of hydrogen-bond donors (Lipinski definition) is 0. The Morgan fingerprint density at radius 2 is 2.31 bits per heavy atom.